The second-order valence-corrected chi connectivity index (χ2v) is 9.77. The molecule has 0 heterocycles. The van der Waals surface area contributed by atoms with E-state index in [1.54, 1.807) is 43.3 Å². The van der Waals surface area contributed by atoms with Crippen molar-refractivity contribution in [3.63, 3.8) is 0 Å². The van der Waals surface area contributed by atoms with Crippen LogP contribution in [0.2, 0.25) is 0 Å². The van der Waals surface area contributed by atoms with Crippen LogP contribution in [0.5, 0.6) is 0 Å². The lowest BCUT2D eigenvalue weighted by Gasteiger charge is -2.16. The highest BCUT2D eigenvalue weighted by Gasteiger charge is 2.20. The summed E-state index contributed by atoms with van der Waals surface area (Å²) in [5.41, 5.74) is 1.90. The Morgan fingerprint density at radius 3 is 1.89 bits per heavy atom. The van der Waals surface area contributed by atoms with Gasteiger partial charge in [-0.1, -0.05) is 47.5 Å². The number of hydrogen-bond donors (Lipinski definition) is 1. The summed E-state index contributed by atoms with van der Waals surface area (Å²) in [4.78, 5) is 0.224. The van der Waals surface area contributed by atoms with Gasteiger partial charge in [0.15, 0.2) is 0 Å². The van der Waals surface area contributed by atoms with Crippen LogP contribution in [0.25, 0.3) is 0 Å². The molecule has 0 spiro atoms. The molecule has 0 aliphatic rings. The average molecular weight is 424 g/mol. The molecule has 2 aromatic carbocycles. The van der Waals surface area contributed by atoms with E-state index in [1.165, 1.54) is 24.3 Å². The molecule has 1 atom stereocenters. The van der Waals surface area contributed by atoms with Crippen molar-refractivity contribution in [2.24, 2.45) is 0 Å². The number of hydrogen-bond acceptors (Lipinski definition) is 5. The number of rotatable bonds is 9. The van der Waals surface area contributed by atoms with Crippen molar-refractivity contribution < 1.29 is 21.0 Å². The molecule has 0 fully saturated rings. The zero-order valence-electron chi connectivity index (χ0n) is 16.1. The first-order valence-electron chi connectivity index (χ1n) is 8.82. The maximum absolute atomic E-state index is 12.5. The molecular formula is C20H25NO5S2. The Balaban J connectivity index is 2.03. The van der Waals surface area contributed by atoms with Crippen molar-refractivity contribution in [3.05, 3.63) is 71.8 Å². The summed E-state index contributed by atoms with van der Waals surface area (Å²) >= 11 is 0. The van der Waals surface area contributed by atoms with Crippen LogP contribution in [0.1, 0.15) is 24.5 Å². The number of allylic oxidation sites excluding steroid dienone is 1. The molecule has 6 nitrogen and oxygen atoms in total. The quantitative estimate of drug-likeness (QED) is 0.494. The van der Waals surface area contributed by atoms with Crippen LogP contribution in [0.4, 0.5) is 0 Å². The molecule has 2 rings (SSSR count). The molecule has 1 N–H and O–H groups in total. The molecule has 28 heavy (non-hydrogen) atoms. The molecule has 0 bridgehead atoms. The van der Waals surface area contributed by atoms with Gasteiger partial charge < -0.3 is 0 Å². The van der Waals surface area contributed by atoms with E-state index in [-0.39, 0.29) is 22.8 Å². The fourth-order valence-electron chi connectivity index (χ4n) is 2.47. The minimum atomic E-state index is -3.89. The lowest BCUT2D eigenvalue weighted by molar-refractivity contribution is 0.304. The van der Waals surface area contributed by atoms with E-state index in [9.17, 15) is 16.8 Å². The molecule has 0 aliphatic heterocycles. The number of sulfonamides is 1. The van der Waals surface area contributed by atoms with Crippen molar-refractivity contribution in [1.29, 1.82) is 0 Å². The largest absolute Gasteiger partial charge is 0.296 e. The minimum absolute atomic E-state index is 0.0703. The van der Waals surface area contributed by atoms with Crippen LogP contribution in [-0.4, -0.2) is 29.5 Å². The van der Waals surface area contributed by atoms with Gasteiger partial charge in [0, 0.05) is 6.04 Å². The van der Waals surface area contributed by atoms with E-state index >= 15 is 0 Å². The highest BCUT2D eigenvalue weighted by molar-refractivity contribution is 7.89. The van der Waals surface area contributed by atoms with Gasteiger partial charge in [-0.05, 0) is 51.5 Å². The maximum Gasteiger partial charge on any atom is 0.296 e. The second-order valence-electron chi connectivity index (χ2n) is 6.44. The summed E-state index contributed by atoms with van der Waals surface area (Å²) in [6, 6.07) is 12.2. The Morgan fingerprint density at radius 1 is 0.893 bits per heavy atom. The second kappa shape index (κ2) is 9.47. The van der Waals surface area contributed by atoms with Crippen LogP contribution in [0.15, 0.2) is 70.5 Å². The fraction of sp³-hybridized carbons (Fsp3) is 0.300. The first-order valence-corrected chi connectivity index (χ1v) is 11.7. The Hall–Kier alpha value is -2.00. The van der Waals surface area contributed by atoms with Crippen LogP contribution < -0.4 is 4.72 Å². The van der Waals surface area contributed by atoms with Crippen molar-refractivity contribution in [2.45, 2.75) is 43.0 Å². The molecule has 0 amide bonds. The monoisotopic (exact) mass is 423 g/mol. The molecule has 1 unspecified atom stereocenters. The van der Waals surface area contributed by atoms with E-state index in [1.807, 2.05) is 13.8 Å². The Morgan fingerprint density at radius 2 is 1.39 bits per heavy atom. The Bertz CT molecular complexity index is 1010. The molecule has 0 saturated heterocycles. The van der Waals surface area contributed by atoms with E-state index in [4.69, 9.17) is 4.18 Å². The van der Waals surface area contributed by atoms with Gasteiger partial charge in [-0.25, -0.2) is 13.1 Å². The van der Waals surface area contributed by atoms with E-state index in [2.05, 4.69) is 4.72 Å². The summed E-state index contributed by atoms with van der Waals surface area (Å²) in [6.07, 6.45) is 3.53. The average Bonchev–Trinajstić information content (AvgIpc) is 2.62. The topological polar surface area (TPSA) is 89.5 Å². The Kier molecular flexibility index (Phi) is 7.54. The summed E-state index contributed by atoms with van der Waals surface area (Å²) in [7, 11) is -7.62. The molecule has 0 saturated carbocycles. The molecule has 0 aromatic heterocycles. The third-order valence-electron chi connectivity index (χ3n) is 4.04. The molecule has 8 heteroatoms. The predicted octanol–water partition coefficient (Wildman–Crippen LogP) is 3.32. The van der Waals surface area contributed by atoms with Gasteiger partial charge in [0.2, 0.25) is 10.0 Å². The zero-order chi connectivity index (χ0) is 20.8. The standard InChI is InChI=1S/C20H25NO5S2/c1-4-5-18(21-27(22,23)19-10-6-16(2)7-11-19)14-15-26-28(24,25)20-12-8-17(3)9-13-20/h4-13,18,21H,14-15H2,1-3H3/b5-4+. The third kappa shape index (κ3) is 6.27. The van der Waals surface area contributed by atoms with Gasteiger partial charge in [0.05, 0.1) is 16.4 Å². The van der Waals surface area contributed by atoms with Gasteiger partial charge in [0.25, 0.3) is 10.1 Å². The summed E-state index contributed by atoms with van der Waals surface area (Å²) in [6.45, 7) is 5.34. The maximum atomic E-state index is 12.5. The zero-order valence-corrected chi connectivity index (χ0v) is 17.8. The van der Waals surface area contributed by atoms with Gasteiger partial charge in [-0.2, -0.15) is 8.42 Å². The highest BCUT2D eigenvalue weighted by atomic mass is 32.2. The molecule has 0 aliphatic carbocycles. The molecular weight excluding hydrogens is 398 g/mol. The van der Waals surface area contributed by atoms with Gasteiger partial charge in [-0.15, -0.1) is 0 Å². The smallest absolute Gasteiger partial charge is 0.266 e. The first-order chi connectivity index (χ1) is 13.1. The number of benzene rings is 2. The van der Waals surface area contributed by atoms with Crippen molar-refractivity contribution in [2.75, 3.05) is 6.61 Å². The Labute approximate surface area is 167 Å². The SMILES string of the molecule is C/C=C/C(CCOS(=O)(=O)c1ccc(C)cc1)NS(=O)(=O)c1ccc(C)cc1. The molecule has 2 aromatic rings. The van der Waals surface area contributed by atoms with E-state index < -0.39 is 26.2 Å². The lowest BCUT2D eigenvalue weighted by atomic mass is 10.2. The lowest BCUT2D eigenvalue weighted by Crippen LogP contribution is -2.34. The third-order valence-corrected chi connectivity index (χ3v) is 6.87. The van der Waals surface area contributed by atoms with Crippen LogP contribution in [0, 0.1) is 13.8 Å². The van der Waals surface area contributed by atoms with Crippen molar-refractivity contribution in [3.8, 4) is 0 Å². The fourth-order valence-corrected chi connectivity index (χ4v) is 4.62. The number of nitrogens with one attached hydrogen (secondary N) is 1. The summed E-state index contributed by atoms with van der Waals surface area (Å²) < 4.78 is 57.2. The summed E-state index contributed by atoms with van der Waals surface area (Å²) in [5.74, 6) is 0. The van der Waals surface area contributed by atoms with Gasteiger partial charge in [0.1, 0.15) is 0 Å². The predicted molar refractivity (Wildman–Crippen MR) is 109 cm³/mol. The molecule has 152 valence electrons. The van der Waals surface area contributed by atoms with Crippen LogP contribution in [0.3, 0.4) is 0 Å². The number of aryl methyl sites for hydroxylation is 2. The molecule has 0 radical (unpaired) electrons. The highest BCUT2D eigenvalue weighted by Crippen LogP contribution is 2.15. The van der Waals surface area contributed by atoms with Crippen molar-refractivity contribution in [1.82, 2.24) is 4.72 Å². The first kappa shape index (κ1) is 22.3. The summed E-state index contributed by atoms with van der Waals surface area (Å²) in [5, 5.41) is 0. The normalized spacial score (nSPS) is 13.7. The van der Waals surface area contributed by atoms with Crippen molar-refractivity contribution >= 4 is 20.1 Å². The van der Waals surface area contributed by atoms with Gasteiger partial charge in [-0.3, -0.25) is 4.18 Å². The van der Waals surface area contributed by atoms with Crippen LogP contribution in [-0.2, 0) is 24.3 Å². The van der Waals surface area contributed by atoms with Gasteiger partial charge >= 0.3 is 0 Å². The minimum Gasteiger partial charge on any atom is -0.266 e. The van der Waals surface area contributed by atoms with E-state index in [0.717, 1.165) is 11.1 Å². The van der Waals surface area contributed by atoms with Crippen LogP contribution >= 0.6 is 0 Å². The van der Waals surface area contributed by atoms with E-state index in [0.29, 0.717) is 0 Å².